The van der Waals surface area contributed by atoms with Crippen LogP contribution in [0, 0.1) is 0 Å². The molecule has 1 aliphatic heterocycles. The molecule has 1 aromatic heterocycles. The Hall–Kier alpha value is -1.97. The van der Waals surface area contributed by atoms with E-state index < -0.39 is 0 Å². The van der Waals surface area contributed by atoms with Crippen molar-refractivity contribution in [1.29, 1.82) is 0 Å². The van der Waals surface area contributed by atoms with E-state index in [-0.39, 0.29) is 6.04 Å². The van der Waals surface area contributed by atoms with Crippen LogP contribution in [0.1, 0.15) is 31.6 Å². The monoisotopic (exact) mass is 270 g/mol. The van der Waals surface area contributed by atoms with Crippen LogP contribution >= 0.6 is 0 Å². The minimum atomic E-state index is 0.202. The summed E-state index contributed by atoms with van der Waals surface area (Å²) in [5, 5.41) is 3.50. The molecule has 4 heteroatoms. The van der Waals surface area contributed by atoms with Crippen molar-refractivity contribution in [2.75, 3.05) is 23.3 Å². The normalized spacial score (nSPS) is 16.4. The highest BCUT2D eigenvalue weighted by atomic mass is 15.1. The molecule has 0 bridgehead atoms. The third-order valence-electron chi connectivity index (χ3n) is 3.97. The van der Waals surface area contributed by atoms with Gasteiger partial charge in [0.1, 0.15) is 5.82 Å². The average Bonchev–Trinajstić information content (AvgIpc) is 3.10. The summed E-state index contributed by atoms with van der Waals surface area (Å²) in [7, 11) is 2.02. The van der Waals surface area contributed by atoms with Crippen LogP contribution in [0.4, 0.5) is 11.4 Å². The van der Waals surface area contributed by atoms with E-state index in [2.05, 4.69) is 51.0 Å². The SMILES string of the molecule is CC(Nc1ccc(N2CCCC2)cc1)c1nccn1C. The lowest BCUT2D eigenvalue weighted by Crippen LogP contribution is -2.17. The van der Waals surface area contributed by atoms with Crippen molar-refractivity contribution in [3.05, 3.63) is 42.5 Å². The Morgan fingerprint density at radius 2 is 1.85 bits per heavy atom. The number of aryl methyl sites for hydroxylation is 1. The molecule has 0 aliphatic carbocycles. The first-order valence-corrected chi connectivity index (χ1v) is 7.33. The van der Waals surface area contributed by atoms with Crippen molar-refractivity contribution in [3.63, 3.8) is 0 Å². The molecule has 1 fully saturated rings. The minimum Gasteiger partial charge on any atom is -0.375 e. The summed E-state index contributed by atoms with van der Waals surface area (Å²) >= 11 is 0. The van der Waals surface area contributed by atoms with E-state index in [9.17, 15) is 0 Å². The van der Waals surface area contributed by atoms with Gasteiger partial charge in [0.05, 0.1) is 6.04 Å². The zero-order valence-corrected chi connectivity index (χ0v) is 12.2. The van der Waals surface area contributed by atoms with Crippen LogP contribution in [0.3, 0.4) is 0 Å². The number of nitrogens with zero attached hydrogens (tertiary/aromatic N) is 3. The highest BCUT2D eigenvalue weighted by Gasteiger charge is 2.13. The average molecular weight is 270 g/mol. The predicted octanol–water partition coefficient (Wildman–Crippen LogP) is 3.19. The fraction of sp³-hybridized carbons (Fsp3) is 0.438. The first-order valence-electron chi connectivity index (χ1n) is 7.33. The number of anilines is 2. The number of aromatic nitrogens is 2. The van der Waals surface area contributed by atoms with Gasteiger partial charge in [-0.2, -0.15) is 0 Å². The van der Waals surface area contributed by atoms with E-state index in [1.165, 1.54) is 31.6 Å². The summed E-state index contributed by atoms with van der Waals surface area (Å²) in [4.78, 5) is 6.84. The summed E-state index contributed by atoms with van der Waals surface area (Å²) in [5.74, 6) is 1.05. The van der Waals surface area contributed by atoms with Crippen molar-refractivity contribution in [1.82, 2.24) is 9.55 Å². The molecule has 106 valence electrons. The van der Waals surface area contributed by atoms with E-state index in [4.69, 9.17) is 0 Å². The summed E-state index contributed by atoms with van der Waals surface area (Å²) in [6.07, 6.45) is 6.44. The molecule has 2 heterocycles. The van der Waals surface area contributed by atoms with Gasteiger partial charge >= 0.3 is 0 Å². The van der Waals surface area contributed by atoms with Gasteiger partial charge in [-0.15, -0.1) is 0 Å². The lowest BCUT2D eigenvalue weighted by Gasteiger charge is -2.19. The number of hydrogen-bond acceptors (Lipinski definition) is 3. The fourth-order valence-electron chi connectivity index (χ4n) is 2.85. The number of nitrogens with one attached hydrogen (secondary N) is 1. The van der Waals surface area contributed by atoms with Gasteiger partial charge in [0.2, 0.25) is 0 Å². The molecule has 3 rings (SSSR count). The van der Waals surface area contributed by atoms with Gasteiger partial charge in [-0.05, 0) is 44.0 Å². The third kappa shape index (κ3) is 2.64. The van der Waals surface area contributed by atoms with Crippen LogP contribution in [0.2, 0.25) is 0 Å². The minimum absolute atomic E-state index is 0.202. The first-order chi connectivity index (χ1) is 9.74. The van der Waals surface area contributed by atoms with E-state index >= 15 is 0 Å². The van der Waals surface area contributed by atoms with E-state index in [0.29, 0.717) is 0 Å². The molecule has 4 nitrogen and oxygen atoms in total. The van der Waals surface area contributed by atoms with Gasteiger partial charge in [0.25, 0.3) is 0 Å². The molecule has 1 unspecified atom stereocenters. The zero-order chi connectivity index (χ0) is 13.9. The summed E-state index contributed by atoms with van der Waals surface area (Å²) in [6.45, 7) is 4.52. The molecule has 0 saturated carbocycles. The van der Waals surface area contributed by atoms with Crippen LogP contribution in [-0.4, -0.2) is 22.6 Å². The van der Waals surface area contributed by atoms with E-state index in [1.54, 1.807) is 0 Å². The van der Waals surface area contributed by atoms with E-state index in [1.807, 2.05) is 19.4 Å². The topological polar surface area (TPSA) is 33.1 Å². The van der Waals surface area contributed by atoms with Gasteiger partial charge in [-0.1, -0.05) is 0 Å². The molecule has 0 radical (unpaired) electrons. The molecule has 20 heavy (non-hydrogen) atoms. The molecule has 1 saturated heterocycles. The van der Waals surface area contributed by atoms with Gasteiger partial charge < -0.3 is 14.8 Å². The number of benzene rings is 1. The molecule has 2 aromatic rings. The van der Waals surface area contributed by atoms with Crippen LogP contribution in [-0.2, 0) is 7.05 Å². The molecule has 1 aliphatic rings. The number of rotatable bonds is 4. The van der Waals surface area contributed by atoms with Crippen LogP contribution in [0.5, 0.6) is 0 Å². The van der Waals surface area contributed by atoms with Gasteiger partial charge in [-0.3, -0.25) is 0 Å². The summed E-state index contributed by atoms with van der Waals surface area (Å²) in [6, 6.07) is 8.94. The third-order valence-corrected chi connectivity index (χ3v) is 3.97. The predicted molar refractivity (Wildman–Crippen MR) is 83.1 cm³/mol. The highest BCUT2D eigenvalue weighted by Crippen LogP contribution is 2.24. The maximum atomic E-state index is 4.38. The highest BCUT2D eigenvalue weighted by molar-refractivity contribution is 5.55. The van der Waals surface area contributed by atoms with Crippen molar-refractivity contribution in [2.45, 2.75) is 25.8 Å². The Bertz CT molecular complexity index is 552. The Kier molecular flexibility index (Phi) is 3.63. The number of hydrogen-bond donors (Lipinski definition) is 1. The summed E-state index contributed by atoms with van der Waals surface area (Å²) in [5.41, 5.74) is 2.47. The lowest BCUT2D eigenvalue weighted by atomic mass is 10.2. The standard InChI is InChI=1S/C16H22N4/c1-13(16-17-9-12-19(16)2)18-14-5-7-15(8-6-14)20-10-3-4-11-20/h5-9,12-13,18H,3-4,10-11H2,1-2H3. The molecule has 1 N–H and O–H groups in total. The molecule has 1 atom stereocenters. The molecule has 0 amide bonds. The maximum Gasteiger partial charge on any atom is 0.130 e. The van der Waals surface area contributed by atoms with Gasteiger partial charge in [0, 0.05) is 43.9 Å². The molecule has 1 aromatic carbocycles. The summed E-state index contributed by atoms with van der Waals surface area (Å²) < 4.78 is 2.05. The fourth-order valence-corrected chi connectivity index (χ4v) is 2.85. The van der Waals surface area contributed by atoms with Crippen LogP contribution < -0.4 is 10.2 Å². The molecule has 0 spiro atoms. The largest absolute Gasteiger partial charge is 0.375 e. The van der Waals surface area contributed by atoms with Crippen LogP contribution in [0.25, 0.3) is 0 Å². The van der Waals surface area contributed by atoms with Gasteiger partial charge in [0.15, 0.2) is 0 Å². The Labute approximate surface area is 120 Å². The second kappa shape index (κ2) is 5.57. The Balaban J connectivity index is 1.67. The van der Waals surface area contributed by atoms with Crippen molar-refractivity contribution in [2.24, 2.45) is 7.05 Å². The van der Waals surface area contributed by atoms with Crippen molar-refractivity contribution in [3.8, 4) is 0 Å². The zero-order valence-electron chi connectivity index (χ0n) is 12.2. The van der Waals surface area contributed by atoms with E-state index in [0.717, 1.165) is 11.5 Å². The quantitative estimate of drug-likeness (QED) is 0.926. The smallest absolute Gasteiger partial charge is 0.130 e. The molecular formula is C16H22N4. The lowest BCUT2D eigenvalue weighted by molar-refractivity contribution is 0.722. The maximum absolute atomic E-state index is 4.38. The Morgan fingerprint density at radius 3 is 2.45 bits per heavy atom. The number of imidazole rings is 1. The van der Waals surface area contributed by atoms with Gasteiger partial charge in [-0.25, -0.2) is 4.98 Å². The van der Waals surface area contributed by atoms with Crippen LogP contribution in [0.15, 0.2) is 36.7 Å². The van der Waals surface area contributed by atoms with Crippen molar-refractivity contribution >= 4 is 11.4 Å². The second-order valence-electron chi connectivity index (χ2n) is 5.50. The molecular weight excluding hydrogens is 248 g/mol. The Morgan fingerprint density at radius 1 is 1.15 bits per heavy atom. The first kappa shape index (κ1) is 13.0. The second-order valence-corrected chi connectivity index (χ2v) is 5.50. The van der Waals surface area contributed by atoms with Crippen molar-refractivity contribution < 1.29 is 0 Å².